The molecule has 0 atom stereocenters. The SMILES string of the molecule is C#CCC(C)(C)CCNCC. The van der Waals surface area contributed by atoms with Crippen molar-refractivity contribution >= 4 is 0 Å². The highest BCUT2D eigenvalue weighted by atomic mass is 14.8. The van der Waals surface area contributed by atoms with Crippen LogP contribution in [0.2, 0.25) is 0 Å². The number of hydrogen-bond acceptors (Lipinski definition) is 1. The molecule has 0 radical (unpaired) electrons. The summed E-state index contributed by atoms with van der Waals surface area (Å²) in [4.78, 5) is 0. The minimum atomic E-state index is 0.302. The van der Waals surface area contributed by atoms with Crippen LogP contribution < -0.4 is 5.32 Å². The lowest BCUT2D eigenvalue weighted by molar-refractivity contribution is 0.339. The van der Waals surface area contributed by atoms with E-state index >= 15 is 0 Å². The molecule has 0 heterocycles. The largest absolute Gasteiger partial charge is 0.317 e. The Labute approximate surface area is 70.6 Å². The second kappa shape index (κ2) is 5.21. The first-order valence-electron chi connectivity index (χ1n) is 4.26. The van der Waals surface area contributed by atoms with E-state index in [2.05, 4.69) is 32.0 Å². The normalized spacial score (nSPS) is 11.1. The lowest BCUT2D eigenvalue weighted by Gasteiger charge is -2.21. The van der Waals surface area contributed by atoms with Gasteiger partial charge in [-0.15, -0.1) is 12.3 Å². The molecule has 0 fully saturated rings. The van der Waals surface area contributed by atoms with Crippen LogP contribution in [-0.4, -0.2) is 13.1 Å². The van der Waals surface area contributed by atoms with E-state index in [1.54, 1.807) is 0 Å². The van der Waals surface area contributed by atoms with Crippen LogP contribution in [0.1, 0.15) is 33.6 Å². The van der Waals surface area contributed by atoms with Crippen molar-refractivity contribution in [2.45, 2.75) is 33.6 Å². The third kappa shape index (κ3) is 5.94. The number of terminal acetylenes is 1. The van der Waals surface area contributed by atoms with Gasteiger partial charge in [-0.25, -0.2) is 0 Å². The second-order valence-corrected chi connectivity index (χ2v) is 3.65. The maximum absolute atomic E-state index is 5.25. The zero-order valence-electron chi connectivity index (χ0n) is 7.91. The zero-order valence-corrected chi connectivity index (χ0v) is 7.91. The molecule has 0 amide bonds. The highest BCUT2D eigenvalue weighted by Crippen LogP contribution is 2.23. The summed E-state index contributed by atoms with van der Waals surface area (Å²) in [5, 5.41) is 3.29. The van der Waals surface area contributed by atoms with Gasteiger partial charge in [0, 0.05) is 6.42 Å². The van der Waals surface area contributed by atoms with Crippen LogP contribution in [0.25, 0.3) is 0 Å². The van der Waals surface area contributed by atoms with Crippen molar-refractivity contribution in [1.82, 2.24) is 5.32 Å². The van der Waals surface area contributed by atoms with Crippen molar-refractivity contribution < 1.29 is 0 Å². The monoisotopic (exact) mass is 153 g/mol. The lowest BCUT2D eigenvalue weighted by atomic mass is 9.86. The van der Waals surface area contributed by atoms with E-state index in [-0.39, 0.29) is 0 Å². The van der Waals surface area contributed by atoms with Crippen LogP contribution in [-0.2, 0) is 0 Å². The van der Waals surface area contributed by atoms with Gasteiger partial charge in [0.2, 0.25) is 0 Å². The van der Waals surface area contributed by atoms with Crippen molar-refractivity contribution in [2.75, 3.05) is 13.1 Å². The first-order valence-corrected chi connectivity index (χ1v) is 4.26. The molecule has 0 aliphatic rings. The summed E-state index contributed by atoms with van der Waals surface area (Å²) in [6.45, 7) is 8.67. The van der Waals surface area contributed by atoms with Gasteiger partial charge in [0.1, 0.15) is 0 Å². The van der Waals surface area contributed by atoms with E-state index in [9.17, 15) is 0 Å². The van der Waals surface area contributed by atoms with Gasteiger partial charge in [-0.05, 0) is 24.9 Å². The molecule has 0 aromatic rings. The van der Waals surface area contributed by atoms with E-state index in [4.69, 9.17) is 6.42 Å². The van der Waals surface area contributed by atoms with Crippen LogP contribution >= 0.6 is 0 Å². The Morgan fingerprint density at radius 3 is 2.55 bits per heavy atom. The quantitative estimate of drug-likeness (QED) is 0.471. The molecule has 0 rings (SSSR count). The molecule has 0 aromatic carbocycles. The lowest BCUT2D eigenvalue weighted by Crippen LogP contribution is -2.21. The predicted octanol–water partition coefficient (Wildman–Crippen LogP) is 2.04. The average molecular weight is 153 g/mol. The summed E-state index contributed by atoms with van der Waals surface area (Å²) in [6, 6.07) is 0. The van der Waals surface area contributed by atoms with E-state index in [1.165, 1.54) is 0 Å². The van der Waals surface area contributed by atoms with Crippen LogP contribution in [0.4, 0.5) is 0 Å². The van der Waals surface area contributed by atoms with Gasteiger partial charge >= 0.3 is 0 Å². The van der Waals surface area contributed by atoms with E-state index in [1.807, 2.05) is 0 Å². The van der Waals surface area contributed by atoms with Crippen molar-refractivity contribution in [2.24, 2.45) is 5.41 Å². The van der Waals surface area contributed by atoms with E-state index < -0.39 is 0 Å². The van der Waals surface area contributed by atoms with Crippen LogP contribution in [0.15, 0.2) is 0 Å². The van der Waals surface area contributed by atoms with E-state index in [0.29, 0.717) is 5.41 Å². The molecule has 0 aliphatic carbocycles. The third-order valence-electron chi connectivity index (χ3n) is 1.81. The van der Waals surface area contributed by atoms with Gasteiger partial charge in [-0.2, -0.15) is 0 Å². The molecule has 64 valence electrons. The molecular weight excluding hydrogens is 134 g/mol. The molecule has 0 aliphatic heterocycles. The minimum absolute atomic E-state index is 0.302. The summed E-state index contributed by atoms with van der Waals surface area (Å²) in [6.07, 6.45) is 7.28. The van der Waals surface area contributed by atoms with Gasteiger partial charge in [0.15, 0.2) is 0 Å². The minimum Gasteiger partial charge on any atom is -0.317 e. The summed E-state index contributed by atoms with van der Waals surface area (Å²) in [7, 11) is 0. The van der Waals surface area contributed by atoms with Crippen LogP contribution in [0.3, 0.4) is 0 Å². The zero-order chi connectivity index (χ0) is 8.74. The topological polar surface area (TPSA) is 12.0 Å². The predicted molar refractivity (Wildman–Crippen MR) is 50.4 cm³/mol. The van der Waals surface area contributed by atoms with Gasteiger partial charge in [0.25, 0.3) is 0 Å². The van der Waals surface area contributed by atoms with Gasteiger partial charge < -0.3 is 5.32 Å². The molecule has 0 aromatic heterocycles. The van der Waals surface area contributed by atoms with Gasteiger partial charge in [-0.3, -0.25) is 0 Å². The molecule has 0 saturated heterocycles. The van der Waals surface area contributed by atoms with Gasteiger partial charge in [0.05, 0.1) is 0 Å². The Morgan fingerprint density at radius 2 is 2.09 bits per heavy atom. The second-order valence-electron chi connectivity index (χ2n) is 3.65. The van der Waals surface area contributed by atoms with Gasteiger partial charge in [-0.1, -0.05) is 20.8 Å². The fourth-order valence-corrected chi connectivity index (χ4v) is 0.968. The Balaban J connectivity index is 3.48. The molecule has 0 unspecified atom stereocenters. The van der Waals surface area contributed by atoms with Crippen molar-refractivity contribution in [1.29, 1.82) is 0 Å². The van der Waals surface area contributed by atoms with Crippen molar-refractivity contribution in [3.63, 3.8) is 0 Å². The number of hydrogen-bond donors (Lipinski definition) is 1. The first-order chi connectivity index (χ1) is 5.12. The molecule has 1 heteroatoms. The first kappa shape index (κ1) is 10.5. The van der Waals surface area contributed by atoms with Crippen molar-refractivity contribution in [3.05, 3.63) is 0 Å². The fraction of sp³-hybridized carbons (Fsp3) is 0.800. The third-order valence-corrected chi connectivity index (χ3v) is 1.81. The molecule has 0 saturated carbocycles. The summed E-state index contributed by atoms with van der Waals surface area (Å²) in [5.74, 6) is 2.71. The number of rotatable bonds is 5. The standard InChI is InChI=1S/C10H19N/c1-5-7-10(3,4)8-9-11-6-2/h1,11H,6-9H2,2-4H3. The highest BCUT2D eigenvalue weighted by Gasteiger charge is 2.14. The maximum Gasteiger partial charge on any atom is 0.0138 e. The summed E-state index contributed by atoms with van der Waals surface area (Å²) < 4.78 is 0. The molecule has 1 N–H and O–H groups in total. The smallest absolute Gasteiger partial charge is 0.0138 e. The number of nitrogens with one attached hydrogen (secondary N) is 1. The summed E-state index contributed by atoms with van der Waals surface area (Å²) in [5.41, 5.74) is 0.302. The highest BCUT2D eigenvalue weighted by molar-refractivity contribution is 4.90. The van der Waals surface area contributed by atoms with E-state index in [0.717, 1.165) is 25.9 Å². The summed E-state index contributed by atoms with van der Waals surface area (Å²) >= 11 is 0. The van der Waals surface area contributed by atoms with Crippen molar-refractivity contribution in [3.8, 4) is 12.3 Å². The fourth-order valence-electron chi connectivity index (χ4n) is 0.968. The molecule has 0 spiro atoms. The Kier molecular flexibility index (Phi) is 4.98. The molecule has 11 heavy (non-hydrogen) atoms. The van der Waals surface area contributed by atoms with Crippen LogP contribution in [0, 0.1) is 17.8 Å². The molecular formula is C10H19N. The Hall–Kier alpha value is -0.480. The van der Waals surface area contributed by atoms with Crippen LogP contribution in [0.5, 0.6) is 0 Å². The Morgan fingerprint density at radius 1 is 1.45 bits per heavy atom. The average Bonchev–Trinajstić information content (AvgIpc) is 1.87. The molecule has 0 bridgehead atoms. The maximum atomic E-state index is 5.25. The molecule has 1 nitrogen and oxygen atoms in total. The Bertz CT molecular complexity index is 130.